The van der Waals surface area contributed by atoms with Crippen molar-refractivity contribution in [3.63, 3.8) is 0 Å². The maximum absolute atomic E-state index is 13.1. The summed E-state index contributed by atoms with van der Waals surface area (Å²) in [5.74, 6) is 2.42. The first kappa shape index (κ1) is 17.3. The molecule has 2 aromatic heterocycles. The average Bonchev–Trinajstić information content (AvgIpc) is 3.07. The molecule has 4 aliphatic rings. The molecule has 6 heteroatoms. The third-order valence-electron chi connectivity index (χ3n) is 7.32. The van der Waals surface area contributed by atoms with Crippen molar-refractivity contribution in [2.24, 2.45) is 17.8 Å². The second kappa shape index (κ2) is 6.08. The third-order valence-corrected chi connectivity index (χ3v) is 7.32. The number of aryl methyl sites for hydroxylation is 1. The van der Waals surface area contributed by atoms with Crippen LogP contribution in [0.15, 0.2) is 15.9 Å². The molecular weight excluding hydrogens is 340 g/mol. The van der Waals surface area contributed by atoms with Crippen molar-refractivity contribution >= 4 is 11.2 Å². The fourth-order valence-electron chi connectivity index (χ4n) is 6.75. The van der Waals surface area contributed by atoms with Gasteiger partial charge in [-0.25, -0.2) is 9.78 Å². The van der Waals surface area contributed by atoms with E-state index in [1.807, 2.05) is 17.8 Å². The van der Waals surface area contributed by atoms with Crippen molar-refractivity contribution in [2.45, 2.75) is 83.8 Å². The molecule has 4 bridgehead atoms. The van der Waals surface area contributed by atoms with E-state index in [2.05, 4.69) is 16.5 Å². The molecule has 27 heavy (non-hydrogen) atoms. The SMILES string of the molecule is CCCn1c(=O)c2ncn(C34CC5CC(CC(C5)C3)C4)c2n(CCC)c1=O. The van der Waals surface area contributed by atoms with Gasteiger partial charge in [-0.2, -0.15) is 0 Å². The zero-order valence-corrected chi connectivity index (χ0v) is 16.5. The van der Waals surface area contributed by atoms with E-state index in [1.54, 1.807) is 0 Å². The molecule has 0 atom stereocenters. The number of nitrogens with zero attached hydrogens (tertiary/aromatic N) is 4. The number of hydrogen-bond acceptors (Lipinski definition) is 3. The van der Waals surface area contributed by atoms with Crippen LogP contribution in [0.3, 0.4) is 0 Å². The Labute approximate surface area is 159 Å². The van der Waals surface area contributed by atoms with Crippen LogP contribution in [0.4, 0.5) is 0 Å². The lowest BCUT2D eigenvalue weighted by atomic mass is 9.53. The normalized spacial score (nSPS) is 31.9. The van der Waals surface area contributed by atoms with Gasteiger partial charge in [-0.15, -0.1) is 0 Å². The topological polar surface area (TPSA) is 61.8 Å². The van der Waals surface area contributed by atoms with Gasteiger partial charge >= 0.3 is 5.69 Å². The van der Waals surface area contributed by atoms with Gasteiger partial charge in [0.05, 0.1) is 6.33 Å². The second-order valence-electron chi connectivity index (χ2n) is 9.32. The van der Waals surface area contributed by atoms with Gasteiger partial charge in [-0.05, 0) is 69.1 Å². The predicted octanol–water partition coefficient (Wildman–Crippen LogP) is 3.11. The summed E-state index contributed by atoms with van der Waals surface area (Å²) < 4.78 is 5.48. The van der Waals surface area contributed by atoms with Crippen LogP contribution in [0.2, 0.25) is 0 Å². The molecular formula is C21H30N4O2. The van der Waals surface area contributed by atoms with Gasteiger partial charge in [0, 0.05) is 18.6 Å². The monoisotopic (exact) mass is 370 g/mol. The van der Waals surface area contributed by atoms with Crippen molar-refractivity contribution in [1.82, 2.24) is 18.7 Å². The zero-order chi connectivity index (χ0) is 18.8. The molecule has 0 spiro atoms. The van der Waals surface area contributed by atoms with Gasteiger partial charge in [-0.3, -0.25) is 13.9 Å². The number of imidazole rings is 1. The Bertz CT molecular complexity index is 961. The van der Waals surface area contributed by atoms with Crippen LogP contribution in [0.25, 0.3) is 11.2 Å². The molecule has 4 saturated carbocycles. The van der Waals surface area contributed by atoms with E-state index in [0.29, 0.717) is 18.6 Å². The van der Waals surface area contributed by atoms with E-state index in [1.165, 1.54) is 43.1 Å². The Morgan fingerprint density at radius 3 is 2.07 bits per heavy atom. The Morgan fingerprint density at radius 2 is 1.52 bits per heavy atom. The van der Waals surface area contributed by atoms with E-state index in [9.17, 15) is 9.59 Å². The highest BCUT2D eigenvalue weighted by atomic mass is 16.2. The van der Waals surface area contributed by atoms with Crippen molar-refractivity contribution < 1.29 is 0 Å². The van der Waals surface area contributed by atoms with Gasteiger partial charge in [0.25, 0.3) is 5.56 Å². The fraction of sp³-hybridized carbons (Fsp3) is 0.762. The molecule has 2 aromatic rings. The molecule has 2 heterocycles. The van der Waals surface area contributed by atoms with Crippen LogP contribution in [-0.2, 0) is 18.6 Å². The molecule has 4 fully saturated rings. The van der Waals surface area contributed by atoms with Crippen LogP contribution < -0.4 is 11.2 Å². The highest BCUT2D eigenvalue weighted by Gasteiger charge is 2.52. The van der Waals surface area contributed by atoms with E-state index in [4.69, 9.17) is 0 Å². The van der Waals surface area contributed by atoms with Gasteiger partial charge < -0.3 is 4.57 Å². The minimum atomic E-state index is -0.215. The number of rotatable bonds is 5. The lowest BCUT2D eigenvalue weighted by molar-refractivity contribution is -0.0415. The van der Waals surface area contributed by atoms with E-state index in [0.717, 1.165) is 36.2 Å². The Kier molecular flexibility index (Phi) is 3.89. The lowest BCUT2D eigenvalue weighted by Gasteiger charge is -2.57. The molecule has 146 valence electrons. The van der Waals surface area contributed by atoms with E-state index in [-0.39, 0.29) is 16.8 Å². The first-order valence-corrected chi connectivity index (χ1v) is 10.8. The number of fused-ring (bicyclic) bond motifs is 1. The lowest BCUT2D eigenvalue weighted by Crippen LogP contribution is -2.52. The van der Waals surface area contributed by atoms with Gasteiger partial charge in [0.1, 0.15) is 0 Å². The molecule has 4 aliphatic carbocycles. The summed E-state index contributed by atoms with van der Waals surface area (Å²) in [6, 6.07) is 0. The largest absolute Gasteiger partial charge is 0.332 e. The summed E-state index contributed by atoms with van der Waals surface area (Å²) in [5, 5.41) is 0. The van der Waals surface area contributed by atoms with Crippen molar-refractivity contribution in [2.75, 3.05) is 0 Å². The summed E-state index contributed by atoms with van der Waals surface area (Å²) in [5.41, 5.74) is 0.943. The maximum Gasteiger partial charge on any atom is 0.332 e. The molecule has 0 saturated heterocycles. The van der Waals surface area contributed by atoms with Gasteiger partial charge in [-0.1, -0.05) is 13.8 Å². The van der Waals surface area contributed by atoms with Gasteiger partial charge in [0.15, 0.2) is 11.2 Å². The zero-order valence-electron chi connectivity index (χ0n) is 16.5. The smallest absolute Gasteiger partial charge is 0.310 e. The minimum Gasteiger partial charge on any atom is -0.310 e. The Morgan fingerprint density at radius 1 is 0.963 bits per heavy atom. The van der Waals surface area contributed by atoms with Crippen LogP contribution in [0, 0.1) is 17.8 Å². The molecule has 0 radical (unpaired) electrons. The summed E-state index contributed by atoms with van der Waals surface area (Å²) in [7, 11) is 0. The molecule has 0 aromatic carbocycles. The summed E-state index contributed by atoms with van der Waals surface area (Å²) in [4.78, 5) is 30.7. The number of aromatic nitrogens is 4. The summed E-state index contributed by atoms with van der Waals surface area (Å²) in [6.45, 7) is 5.17. The minimum absolute atomic E-state index is 0.0643. The van der Waals surface area contributed by atoms with Crippen LogP contribution in [0.5, 0.6) is 0 Å². The van der Waals surface area contributed by atoms with E-state index >= 15 is 0 Å². The Balaban J connectivity index is 1.75. The van der Waals surface area contributed by atoms with Gasteiger partial charge in [0.2, 0.25) is 0 Å². The predicted molar refractivity (Wildman–Crippen MR) is 105 cm³/mol. The molecule has 0 amide bonds. The molecule has 0 unspecified atom stereocenters. The number of hydrogen-bond donors (Lipinski definition) is 0. The highest BCUT2D eigenvalue weighted by Crippen LogP contribution is 2.59. The molecule has 0 N–H and O–H groups in total. The molecule has 6 nitrogen and oxygen atoms in total. The van der Waals surface area contributed by atoms with Crippen molar-refractivity contribution in [3.8, 4) is 0 Å². The van der Waals surface area contributed by atoms with Crippen molar-refractivity contribution in [1.29, 1.82) is 0 Å². The average molecular weight is 370 g/mol. The first-order chi connectivity index (χ1) is 13.1. The summed E-state index contributed by atoms with van der Waals surface area (Å²) >= 11 is 0. The van der Waals surface area contributed by atoms with Crippen molar-refractivity contribution in [3.05, 3.63) is 27.2 Å². The van der Waals surface area contributed by atoms with Crippen LogP contribution in [0.1, 0.15) is 65.2 Å². The molecule has 6 rings (SSSR count). The van der Waals surface area contributed by atoms with Crippen LogP contribution in [-0.4, -0.2) is 18.7 Å². The molecule has 0 aliphatic heterocycles. The standard InChI is InChI=1S/C21H30N4O2/c1-3-5-23-18-17(19(26)24(6-4-2)20(23)27)22-13-25(18)21-10-14-7-15(11-21)9-16(8-14)12-21/h13-16H,3-12H2,1-2H3. The second-order valence-corrected chi connectivity index (χ2v) is 9.32. The highest BCUT2D eigenvalue weighted by molar-refractivity contribution is 5.70. The first-order valence-electron chi connectivity index (χ1n) is 10.8. The fourth-order valence-corrected chi connectivity index (χ4v) is 6.75. The van der Waals surface area contributed by atoms with Crippen LogP contribution >= 0.6 is 0 Å². The summed E-state index contributed by atoms with van der Waals surface area (Å²) in [6.07, 6.45) is 11.2. The quantitative estimate of drug-likeness (QED) is 0.812. The van der Waals surface area contributed by atoms with E-state index < -0.39 is 0 Å². The maximum atomic E-state index is 13.1. The Hall–Kier alpha value is -1.85. The third kappa shape index (κ3) is 2.41.